The fourth-order valence-corrected chi connectivity index (χ4v) is 2.56. The number of halogens is 1. The van der Waals surface area contributed by atoms with E-state index < -0.39 is 0 Å². The maximum Gasteiger partial charge on any atom is 0.101 e. The molecule has 1 aromatic heterocycles. The van der Waals surface area contributed by atoms with Crippen molar-refractivity contribution >= 4 is 11.6 Å². The standard InChI is InChI=1S/C11H18ClN3O/c1-16-7-6-11-10(8-12)13-14-15(11)9-4-2-3-5-9/h9H,2-8H2,1H3. The Morgan fingerprint density at radius 1 is 1.44 bits per heavy atom. The van der Waals surface area contributed by atoms with Crippen LogP contribution in [0.25, 0.3) is 0 Å². The summed E-state index contributed by atoms with van der Waals surface area (Å²) in [6.07, 6.45) is 5.87. The van der Waals surface area contributed by atoms with E-state index >= 15 is 0 Å². The number of alkyl halides is 1. The molecule has 0 aliphatic heterocycles. The van der Waals surface area contributed by atoms with E-state index in [0.717, 1.165) is 17.8 Å². The van der Waals surface area contributed by atoms with Gasteiger partial charge in [0.25, 0.3) is 0 Å². The van der Waals surface area contributed by atoms with Crippen molar-refractivity contribution in [3.05, 3.63) is 11.4 Å². The number of aromatic nitrogens is 3. The fraction of sp³-hybridized carbons (Fsp3) is 0.818. The van der Waals surface area contributed by atoms with Gasteiger partial charge in [0.2, 0.25) is 0 Å². The largest absolute Gasteiger partial charge is 0.384 e. The lowest BCUT2D eigenvalue weighted by Crippen LogP contribution is -2.13. The van der Waals surface area contributed by atoms with Crippen LogP contribution in [0.5, 0.6) is 0 Å². The molecule has 1 aliphatic carbocycles. The van der Waals surface area contributed by atoms with E-state index in [-0.39, 0.29) is 0 Å². The van der Waals surface area contributed by atoms with Crippen LogP contribution in [0.1, 0.15) is 43.1 Å². The molecule has 0 saturated heterocycles. The number of ether oxygens (including phenoxy) is 1. The molecular weight excluding hydrogens is 226 g/mol. The minimum atomic E-state index is 0.436. The van der Waals surface area contributed by atoms with Gasteiger partial charge >= 0.3 is 0 Å². The lowest BCUT2D eigenvalue weighted by atomic mass is 10.2. The van der Waals surface area contributed by atoms with Gasteiger partial charge in [0.05, 0.1) is 24.2 Å². The molecule has 1 aliphatic rings. The summed E-state index contributed by atoms with van der Waals surface area (Å²) in [7, 11) is 1.71. The van der Waals surface area contributed by atoms with Crippen LogP contribution in [0, 0.1) is 0 Å². The van der Waals surface area contributed by atoms with Crippen LogP contribution in [-0.2, 0) is 17.0 Å². The van der Waals surface area contributed by atoms with Crippen molar-refractivity contribution < 1.29 is 4.74 Å². The van der Waals surface area contributed by atoms with Crippen molar-refractivity contribution in [1.29, 1.82) is 0 Å². The molecule has 1 saturated carbocycles. The quantitative estimate of drug-likeness (QED) is 0.746. The molecule has 0 atom stereocenters. The number of hydrogen-bond donors (Lipinski definition) is 0. The molecule has 16 heavy (non-hydrogen) atoms. The summed E-state index contributed by atoms with van der Waals surface area (Å²) in [6, 6.07) is 0.524. The first-order chi connectivity index (χ1) is 7.86. The van der Waals surface area contributed by atoms with Crippen molar-refractivity contribution in [2.24, 2.45) is 0 Å². The van der Waals surface area contributed by atoms with E-state index in [4.69, 9.17) is 16.3 Å². The molecule has 0 unspecified atom stereocenters. The minimum absolute atomic E-state index is 0.436. The van der Waals surface area contributed by atoms with Gasteiger partial charge in [-0.1, -0.05) is 18.1 Å². The second kappa shape index (κ2) is 5.64. The topological polar surface area (TPSA) is 39.9 Å². The molecule has 1 fully saturated rings. The van der Waals surface area contributed by atoms with Gasteiger partial charge in [-0.25, -0.2) is 4.68 Å². The molecule has 4 nitrogen and oxygen atoms in total. The molecule has 0 radical (unpaired) electrons. The summed E-state index contributed by atoms with van der Waals surface area (Å²) >= 11 is 5.87. The summed E-state index contributed by atoms with van der Waals surface area (Å²) < 4.78 is 7.19. The SMILES string of the molecule is COCCc1c(CCl)nnn1C1CCCC1. The lowest BCUT2D eigenvalue weighted by Gasteiger charge is -2.13. The van der Waals surface area contributed by atoms with E-state index in [1.54, 1.807) is 7.11 Å². The molecule has 90 valence electrons. The van der Waals surface area contributed by atoms with Crippen LogP contribution in [-0.4, -0.2) is 28.7 Å². The Balaban J connectivity index is 2.18. The predicted molar refractivity (Wildman–Crippen MR) is 62.7 cm³/mol. The Kier molecular flexibility index (Phi) is 4.18. The molecular formula is C11H18ClN3O. The van der Waals surface area contributed by atoms with Gasteiger partial charge < -0.3 is 4.74 Å². The Morgan fingerprint density at radius 3 is 2.81 bits per heavy atom. The normalized spacial score (nSPS) is 17.1. The first-order valence-corrected chi connectivity index (χ1v) is 6.38. The van der Waals surface area contributed by atoms with Crippen LogP contribution in [0.15, 0.2) is 0 Å². The van der Waals surface area contributed by atoms with Crippen molar-refractivity contribution in [3.8, 4) is 0 Å². The lowest BCUT2D eigenvalue weighted by molar-refractivity contribution is 0.199. The Morgan fingerprint density at radius 2 is 2.19 bits per heavy atom. The maximum absolute atomic E-state index is 5.87. The molecule has 0 N–H and O–H groups in total. The molecule has 0 bridgehead atoms. The number of hydrogen-bond acceptors (Lipinski definition) is 3. The highest BCUT2D eigenvalue weighted by Gasteiger charge is 2.22. The zero-order valence-corrected chi connectivity index (χ0v) is 10.4. The highest BCUT2D eigenvalue weighted by molar-refractivity contribution is 6.16. The minimum Gasteiger partial charge on any atom is -0.384 e. The Labute approximate surface area is 101 Å². The third-order valence-corrected chi connectivity index (χ3v) is 3.46. The van der Waals surface area contributed by atoms with Gasteiger partial charge in [-0.2, -0.15) is 0 Å². The summed E-state index contributed by atoms with van der Waals surface area (Å²) in [5, 5.41) is 8.41. The smallest absolute Gasteiger partial charge is 0.101 e. The average molecular weight is 244 g/mol. The summed E-state index contributed by atoms with van der Waals surface area (Å²) in [6.45, 7) is 0.698. The number of nitrogens with zero attached hydrogens (tertiary/aromatic N) is 3. The van der Waals surface area contributed by atoms with Crippen LogP contribution in [0.2, 0.25) is 0 Å². The van der Waals surface area contributed by atoms with Crippen LogP contribution in [0.4, 0.5) is 0 Å². The van der Waals surface area contributed by atoms with E-state index in [2.05, 4.69) is 15.0 Å². The van der Waals surface area contributed by atoms with Gasteiger partial charge in [0.1, 0.15) is 5.69 Å². The summed E-state index contributed by atoms with van der Waals surface area (Å²) in [5.41, 5.74) is 2.06. The van der Waals surface area contributed by atoms with Gasteiger partial charge in [0, 0.05) is 13.5 Å². The Bertz CT molecular complexity index is 334. The fourth-order valence-electron chi connectivity index (χ4n) is 2.35. The van der Waals surface area contributed by atoms with Crippen LogP contribution in [0.3, 0.4) is 0 Å². The second-order valence-corrected chi connectivity index (χ2v) is 4.51. The molecule has 1 aromatic rings. The zero-order valence-electron chi connectivity index (χ0n) is 9.65. The van der Waals surface area contributed by atoms with Crippen LogP contribution >= 0.6 is 11.6 Å². The maximum atomic E-state index is 5.87. The third kappa shape index (κ3) is 2.38. The third-order valence-electron chi connectivity index (χ3n) is 3.21. The highest BCUT2D eigenvalue weighted by atomic mass is 35.5. The molecule has 1 heterocycles. The van der Waals surface area contributed by atoms with Gasteiger partial charge in [-0.3, -0.25) is 0 Å². The number of rotatable bonds is 5. The van der Waals surface area contributed by atoms with Crippen molar-refractivity contribution in [2.75, 3.05) is 13.7 Å². The van der Waals surface area contributed by atoms with E-state index in [9.17, 15) is 0 Å². The molecule has 5 heteroatoms. The number of methoxy groups -OCH3 is 1. The summed E-state index contributed by atoms with van der Waals surface area (Å²) in [4.78, 5) is 0. The van der Waals surface area contributed by atoms with E-state index in [0.29, 0.717) is 18.5 Å². The Hall–Kier alpha value is -0.610. The van der Waals surface area contributed by atoms with Crippen molar-refractivity contribution in [3.63, 3.8) is 0 Å². The monoisotopic (exact) mass is 243 g/mol. The summed E-state index contributed by atoms with van der Waals surface area (Å²) in [5.74, 6) is 0.436. The van der Waals surface area contributed by atoms with Gasteiger partial charge in [-0.05, 0) is 12.8 Å². The predicted octanol–water partition coefficient (Wildman–Crippen LogP) is 2.32. The van der Waals surface area contributed by atoms with Gasteiger partial charge in [-0.15, -0.1) is 16.7 Å². The molecule has 0 spiro atoms. The zero-order chi connectivity index (χ0) is 11.4. The molecule has 2 rings (SSSR count). The second-order valence-electron chi connectivity index (χ2n) is 4.24. The van der Waals surface area contributed by atoms with Crippen molar-refractivity contribution in [1.82, 2.24) is 15.0 Å². The van der Waals surface area contributed by atoms with Gasteiger partial charge in [0.15, 0.2) is 0 Å². The average Bonchev–Trinajstić information content (AvgIpc) is 2.94. The van der Waals surface area contributed by atoms with Crippen LogP contribution < -0.4 is 0 Å². The molecule has 0 amide bonds. The molecule has 0 aromatic carbocycles. The first-order valence-electron chi connectivity index (χ1n) is 5.84. The highest BCUT2D eigenvalue weighted by Crippen LogP contribution is 2.30. The van der Waals surface area contributed by atoms with E-state index in [1.807, 2.05) is 0 Å². The first kappa shape index (κ1) is 11.9. The van der Waals surface area contributed by atoms with E-state index in [1.165, 1.54) is 25.7 Å². The van der Waals surface area contributed by atoms with Crippen molar-refractivity contribution in [2.45, 2.75) is 44.0 Å².